The van der Waals surface area contributed by atoms with Crippen molar-refractivity contribution < 1.29 is 14.3 Å². The van der Waals surface area contributed by atoms with Gasteiger partial charge in [0.1, 0.15) is 6.61 Å². The van der Waals surface area contributed by atoms with Crippen molar-refractivity contribution in [2.24, 2.45) is 0 Å². The monoisotopic (exact) mass is 298 g/mol. The Bertz CT molecular complexity index is 713. The van der Waals surface area contributed by atoms with Gasteiger partial charge in [-0.1, -0.05) is 11.1 Å². The van der Waals surface area contributed by atoms with E-state index in [0.717, 1.165) is 5.56 Å². The van der Waals surface area contributed by atoms with Crippen molar-refractivity contribution in [1.82, 2.24) is 15.0 Å². The van der Waals surface area contributed by atoms with E-state index in [-0.39, 0.29) is 24.2 Å². The van der Waals surface area contributed by atoms with Crippen LogP contribution >= 0.6 is 0 Å². The molecule has 0 spiro atoms. The predicted molar refractivity (Wildman–Crippen MR) is 79.0 cm³/mol. The summed E-state index contributed by atoms with van der Waals surface area (Å²) in [5.74, 6) is 1.75. The van der Waals surface area contributed by atoms with Crippen molar-refractivity contribution in [2.45, 2.75) is 13.5 Å². The number of anilines is 1. The number of nitrogens with zero attached hydrogens (tertiary/aromatic N) is 3. The van der Waals surface area contributed by atoms with Gasteiger partial charge >= 0.3 is 5.97 Å². The van der Waals surface area contributed by atoms with E-state index in [1.807, 2.05) is 0 Å². The van der Waals surface area contributed by atoms with Crippen LogP contribution in [0.3, 0.4) is 0 Å². The quantitative estimate of drug-likeness (QED) is 0.659. The molecular weight excluding hydrogens is 284 g/mol. The molecule has 0 aliphatic heterocycles. The number of nitrogens with one attached hydrogen (secondary N) is 1. The molecule has 1 heterocycles. The molecule has 1 N–H and O–H groups in total. The van der Waals surface area contributed by atoms with E-state index in [1.54, 1.807) is 24.3 Å². The van der Waals surface area contributed by atoms with Gasteiger partial charge in [-0.3, -0.25) is 9.59 Å². The van der Waals surface area contributed by atoms with Crippen LogP contribution in [0.25, 0.3) is 0 Å². The molecule has 0 aliphatic carbocycles. The number of rotatable bonds is 5. The van der Waals surface area contributed by atoms with Crippen molar-refractivity contribution in [3.8, 4) is 12.3 Å². The summed E-state index contributed by atoms with van der Waals surface area (Å²) in [5, 5.41) is 10.3. The Hall–Kier alpha value is -3.14. The summed E-state index contributed by atoms with van der Waals surface area (Å²) in [6, 6.07) is 6.87. The van der Waals surface area contributed by atoms with E-state index >= 15 is 0 Å². The van der Waals surface area contributed by atoms with Gasteiger partial charge in [-0.05, 0) is 24.3 Å². The van der Waals surface area contributed by atoms with Crippen LogP contribution in [0.5, 0.6) is 0 Å². The largest absolute Gasteiger partial charge is 0.464 e. The number of carbonyl (C=O) groups excluding carboxylic acids is 2. The number of esters is 1. The maximum Gasteiger partial charge on any atom is 0.302 e. The summed E-state index contributed by atoms with van der Waals surface area (Å²) in [5.41, 5.74) is 1.51. The van der Waals surface area contributed by atoms with Gasteiger partial charge in [-0.15, -0.1) is 11.5 Å². The molecule has 2 aromatic rings. The molecule has 7 heteroatoms. The van der Waals surface area contributed by atoms with Gasteiger partial charge < -0.3 is 10.1 Å². The standard InChI is InChI=1S/C15H14N4O3/c1-3-12-4-6-13(7-5-12)16-15(21)14-10-19(18-17-14)8-9-22-11(2)20/h1,4-7,10H,8-9H2,2H3,(H,16,21). The van der Waals surface area contributed by atoms with Crippen LogP contribution < -0.4 is 5.32 Å². The van der Waals surface area contributed by atoms with Crippen molar-refractivity contribution in [3.63, 3.8) is 0 Å². The summed E-state index contributed by atoms with van der Waals surface area (Å²) in [6.07, 6.45) is 6.74. The average Bonchev–Trinajstić information content (AvgIpc) is 2.96. The molecule has 22 heavy (non-hydrogen) atoms. The second-order valence-electron chi connectivity index (χ2n) is 4.38. The van der Waals surface area contributed by atoms with E-state index in [2.05, 4.69) is 21.5 Å². The van der Waals surface area contributed by atoms with Gasteiger partial charge in [-0.25, -0.2) is 4.68 Å². The smallest absolute Gasteiger partial charge is 0.302 e. The number of hydrogen-bond acceptors (Lipinski definition) is 5. The Kier molecular flexibility index (Phi) is 4.88. The normalized spacial score (nSPS) is 9.82. The first-order valence-electron chi connectivity index (χ1n) is 6.50. The van der Waals surface area contributed by atoms with Gasteiger partial charge in [-0.2, -0.15) is 0 Å². The third-order valence-electron chi connectivity index (χ3n) is 2.71. The third kappa shape index (κ3) is 4.18. The highest BCUT2D eigenvalue weighted by atomic mass is 16.5. The second kappa shape index (κ2) is 7.04. The summed E-state index contributed by atoms with van der Waals surface area (Å²) in [4.78, 5) is 22.7. The van der Waals surface area contributed by atoms with Crippen LogP contribution in [0.2, 0.25) is 0 Å². The Morgan fingerprint density at radius 3 is 2.73 bits per heavy atom. The van der Waals surface area contributed by atoms with Crippen LogP contribution in [0.1, 0.15) is 23.0 Å². The topological polar surface area (TPSA) is 86.1 Å². The van der Waals surface area contributed by atoms with E-state index in [1.165, 1.54) is 17.8 Å². The Labute approximate surface area is 127 Å². The SMILES string of the molecule is C#Cc1ccc(NC(=O)c2cn(CCOC(C)=O)nn2)cc1. The highest BCUT2D eigenvalue weighted by Gasteiger charge is 2.11. The minimum absolute atomic E-state index is 0.170. The van der Waals surface area contributed by atoms with Crippen LogP contribution in [0.15, 0.2) is 30.5 Å². The molecule has 0 saturated carbocycles. The number of terminal acetylenes is 1. The Morgan fingerprint density at radius 2 is 2.09 bits per heavy atom. The van der Waals surface area contributed by atoms with Gasteiger partial charge in [0.2, 0.25) is 0 Å². The maximum absolute atomic E-state index is 12.0. The first-order chi connectivity index (χ1) is 10.6. The predicted octanol–water partition coefficient (Wildman–Crippen LogP) is 1.07. The lowest BCUT2D eigenvalue weighted by molar-refractivity contribution is -0.141. The molecule has 1 amide bonds. The van der Waals surface area contributed by atoms with Crippen LogP contribution in [0.4, 0.5) is 5.69 Å². The number of amides is 1. The molecule has 1 aromatic heterocycles. The fourth-order valence-corrected chi connectivity index (χ4v) is 1.64. The number of aromatic nitrogens is 3. The first kappa shape index (κ1) is 15.3. The molecule has 0 fully saturated rings. The molecule has 7 nitrogen and oxygen atoms in total. The molecule has 0 aliphatic rings. The fraction of sp³-hybridized carbons (Fsp3) is 0.200. The minimum Gasteiger partial charge on any atom is -0.464 e. The molecule has 0 unspecified atom stereocenters. The van der Waals surface area contributed by atoms with E-state index < -0.39 is 0 Å². The zero-order valence-electron chi connectivity index (χ0n) is 11.9. The van der Waals surface area contributed by atoms with Crippen molar-refractivity contribution in [3.05, 3.63) is 41.7 Å². The number of carbonyl (C=O) groups is 2. The van der Waals surface area contributed by atoms with Gasteiger partial charge in [0, 0.05) is 18.2 Å². The molecule has 0 radical (unpaired) electrons. The van der Waals surface area contributed by atoms with E-state index in [9.17, 15) is 9.59 Å². The number of hydrogen-bond donors (Lipinski definition) is 1. The summed E-state index contributed by atoms with van der Waals surface area (Å²) < 4.78 is 6.22. The molecule has 0 bridgehead atoms. The third-order valence-corrected chi connectivity index (χ3v) is 2.71. The number of benzene rings is 1. The fourth-order valence-electron chi connectivity index (χ4n) is 1.64. The molecule has 2 rings (SSSR count). The minimum atomic E-state index is -0.382. The average molecular weight is 298 g/mol. The molecular formula is C15H14N4O3. The van der Waals surface area contributed by atoms with Crippen molar-refractivity contribution in [1.29, 1.82) is 0 Å². The molecule has 112 valence electrons. The lowest BCUT2D eigenvalue weighted by atomic mass is 10.2. The molecule has 0 atom stereocenters. The van der Waals surface area contributed by atoms with E-state index in [4.69, 9.17) is 11.2 Å². The molecule has 1 aromatic carbocycles. The van der Waals surface area contributed by atoms with Gasteiger partial charge in [0.15, 0.2) is 5.69 Å². The van der Waals surface area contributed by atoms with E-state index in [0.29, 0.717) is 12.2 Å². The highest BCUT2D eigenvalue weighted by Crippen LogP contribution is 2.10. The maximum atomic E-state index is 12.0. The summed E-state index contributed by atoms with van der Waals surface area (Å²) >= 11 is 0. The zero-order chi connectivity index (χ0) is 15.9. The lowest BCUT2D eigenvalue weighted by Gasteiger charge is -2.02. The second-order valence-corrected chi connectivity index (χ2v) is 4.38. The Balaban J connectivity index is 1.93. The van der Waals surface area contributed by atoms with Gasteiger partial charge in [0.25, 0.3) is 5.91 Å². The summed E-state index contributed by atoms with van der Waals surface area (Å²) in [6.45, 7) is 1.83. The Morgan fingerprint density at radius 1 is 1.36 bits per heavy atom. The van der Waals surface area contributed by atoms with Crippen molar-refractivity contribution in [2.75, 3.05) is 11.9 Å². The van der Waals surface area contributed by atoms with Crippen LogP contribution in [-0.2, 0) is 16.1 Å². The number of ether oxygens (including phenoxy) is 1. The van der Waals surface area contributed by atoms with Crippen LogP contribution in [0, 0.1) is 12.3 Å². The first-order valence-corrected chi connectivity index (χ1v) is 6.50. The summed E-state index contributed by atoms with van der Waals surface area (Å²) in [7, 11) is 0. The highest BCUT2D eigenvalue weighted by molar-refractivity contribution is 6.02. The van der Waals surface area contributed by atoms with Gasteiger partial charge in [0.05, 0.1) is 12.7 Å². The molecule has 0 saturated heterocycles. The van der Waals surface area contributed by atoms with Crippen LogP contribution in [-0.4, -0.2) is 33.5 Å². The van der Waals surface area contributed by atoms with Crippen molar-refractivity contribution >= 4 is 17.6 Å². The zero-order valence-corrected chi connectivity index (χ0v) is 11.9. The lowest BCUT2D eigenvalue weighted by Crippen LogP contribution is -2.12.